The molecule has 1 heterocycles. The molecule has 6 heteroatoms. The molecule has 0 aromatic heterocycles. The highest BCUT2D eigenvalue weighted by Crippen LogP contribution is 2.28. The van der Waals surface area contributed by atoms with Gasteiger partial charge in [0.1, 0.15) is 18.2 Å². The van der Waals surface area contributed by atoms with Crippen LogP contribution in [0.3, 0.4) is 0 Å². The van der Waals surface area contributed by atoms with Gasteiger partial charge in [-0.3, -0.25) is 4.79 Å². The Morgan fingerprint density at radius 3 is 2.96 bits per heavy atom. The molecule has 1 atom stereocenters. The number of hydrogen-bond donors (Lipinski definition) is 1. The predicted molar refractivity (Wildman–Crippen MR) is 99.4 cm³/mol. The van der Waals surface area contributed by atoms with Crippen molar-refractivity contribution in [2.45, 2.75) is 32.3 Å². The lowest BCUT2D eigenvalue weighted by atomic mass is 10.1. The van der Waals surface area contributed by atoms with Crippen LogP contribution in [0.1, 0.15) is 24.0 Å². The number of anilines is 1. The Morgan fingerprint density at radius 2 is 2.23 bits per heavy atom. The SMILES string of the molecule is Cc1ccc(NC(=O)Cc2c(F)cccc2Cl)c(OCC2CCCO2)c1. The maximum absolute atomic E-state index is 13.9. The third kappa shape index (κ3) is 4.74. The van der Waals surface area contributed by atoms with E-state index >= 15 is 0 Å². The maximum Gasteiger partial charge on any atom is 0.229 e. The Labute approximate surface area is 157 Å². The molecule has 138 valence electrons. The van der Waals surface area contributed by atoms with Gasteiger partial charge in [0.15, 0.2) is 0 Å². The van der Waals surface area contributed by atoms with Gasteiger partial charge >= 0.3 is 0 Å². The predicted octanol–water partition coefficient (Wildman–Crippen LogP) is 4.53. The van der Waals surface area contributed by atoms with Crippen LogP contribution < -0.4 is 10.1 Å². The lowest BCUT2D eigenvalue weighted by molar-refractivity contribution is -0.115. The van der Waals surface area contributed by atoms with Gasteiger partial charge in [-0.2, -0.15) is 0 Å². The van der Waals surface area contributed by atoms with E-state index in [1.165, 1.54) is 12.1 Å². The number of amides is 1. The molecule has 4 nitrogen and oxygen atoms in total. The number of nitrogens with one attached hydrogen (secondary N) is 1. The number of carbonyl (C=O) groups is 1. The fourth-order valence-corrected chi connectivity index (χ4v) is 3.10. The second-order valence-corrected chi connectivity index (χ2v) is 6.78. The van der Waals surface area contributed by atoms with Crippen LogP contribution in [0.2, 0.25) is 5.02 Å². The number of carbonyl (C=O) groups excluding carboxylic acids is 1. The minimum absolute atomic E-state index is 0.0799. The molecular weight excluding hydrogens is 357 g/mol. The van der Waals surface area contributed by atoms with E-state index in [1.807, 2.05) is 19.1 Å². The Hall–Kier alpha value is -2.11. The third-order valence-corrected chi connectivity index (χ3v) is 4.61. The molecule has 0 bridgehead atoms. The van der Waals surface area contributed by atoms with E-state index in [2.05, 4.69) is 5.32 Å². The normalized spacial score (nSPS) is 16.5. The summed E-state index contributed by atoms with van der Waals surface area (Å²) in [7, 11) is 0. The van der Waals surface area contributed by atoms with E-state index < -0.39 is 5.82 Å². The van der Waals surface area contributed by atoms with Gasteiger partial charge in [0.25, 0.3) is 0 Å². The zero-order valence-corrected chi connectivity index (χ0v) is 15.3. The van der Waals surface area contributed by atoms with Crippen molar-refractivity contribution in [2.24, 2.45) is 0 Å². The van der Waals surface area contributed by atoms with Gasteiger partial charge in [-0.25, -0.2) is 4.39 Å². The molecule has 3 rings (SSSR count). The molecule has 0 radical (unpaired) electrons. The molecule has 2 aromatic carbocycles. The number of halogens is 2. The topological polar surface area (TPSA) is 47.6 Å². The highest BCUT2D eigenvalue weighted by atomic mass is 35.5. The second-order valence-electron chi connectivity index (χ2n) is 6.37. The largest absolute Gasteiger partial charge is 0.489 e. The molecule has 1 saturated heterocycles. The van der Waals surface area contributed by atoms with Gasteiger partial charge in [0.2, 0.25) is 5.91 Å². The molecule has 1 aliphatic rings. The second kappa shape index (κ2) is 8.52. The summed E-state index contributed by atoms with van der Waals surface area (Å²) in [6, 6.07) is 9.88. The molecule has 1 fully saturated rings. The Bertz CT molecular complexity index is 770. The fraction of sp³-hybridized carbons (Fsp3) is 0.350. The van der Waals surface area contributed by atoms with Gasteiger partial charge in [-0.05, 0) is 49.6 Å². The summed E-state index contributed by atoms with van der Waals surface area (Å²) in [4.78, 5) is 12.4. The van der Waals surface area contributed by atoms with Crippen LogP contribution in [0.4, 0.5) is 10.1 Å². The fourth-order valence-electron chi connectivity index (χ4n) is 2.87. The Balaban J connectivity index is 1.69. The molecule has 1 aliphatic heterocycles. The number of aryl methyl sites for hydroxylation is 1. The van der Waals surface area contributed by atoms with E-state index in [9.17, 15) is 9.18 Å². The van der Waals surface area contributed by atoms with Crippen molar-refractivity contribution < 1.29 is 18.7 Å². The smallest absolute Gasteiger partial charge is 0.229 e. The summed E-state index contributed by atoms with van der Waals surface area (Å²) in [5.74, 6) is -0.275. The molecule has 1 unspecified atom stereocenters. The Morgan fingerprint density at radius 1 is 1.38 bits per heavy atom. The number of ether oxygens (including phenoxy) is 2. The first kappa shape index (κ1) is 18.7. The standard InChI is InChI=1S/C20H21ClFNO3/c1-13-7-8-18(19(10-13)26-12-14-4-3-9-25-14)23-20(24)11-15-16(21)5-2-6-17(15)22/h2,5-8,10,14H,3-4,9,11-12H2,1H3,(H,23,24). The minimum Gasteiger partial charge on any atom is -0.489 e. The maximum atomic E-state index is 13.9. The van der Waals surface area contributed by atoms with E-state index in [-0.39, 0.29) is 29.0 Å². The zero-order valence-electron chi connectivity index (χ0n) is 14.6. The van der Waals surface area contributed by atoms with Gasteiger partial charge < -0.3 is 14.8 Å². The highest BCUT2D eigenvalue weighted by molar-refractivity contribution is 6.31. The summed E-state index contributed by atoms with van der Waals surface area (Å²) in [5, 5.41) is 3.02. The first-order chi connectivity index (χ1) is 12.5. The van der Waals surface area contributed by atoms with Crippen molar-refractivity contribution in [1.29, 1.82) is 0 Å². The number of hydrogen-bond acceptors (Lipinski definition) is 3. The van der Waals surface area contributed by atoms with Crippen molar-refractivity contribution in [3.05, 3.63) is 58.4 Å². The van der Waals surface area contributed by atoms with Crippen LogP contribution in [-0.4, -0.2) is 25.2 Å². The summed E-state index contributed by atoms with van der Waals surface area (Å²) in [6.07, 6.45) is 1.94. The molecular formula is C20H21ClFNO3. The van der Waals surface area contributed by atoms with Gasteiger partial charge in [-0.15, -0.1) is 0 Å². The first-order valence-corrected chi connectivity index (χ1v) is 8.98. The van der Waals surface area contributed by atoms with E-state index in [1.54, 1.807) is 12.1 Å². The first-order valence-electron chi connectivity index (χ1n) is 8.60. The monoisotopic (exact) mass is 377 g/mol. The van der Waals surface area contributed by atoms with Crippen LogP contribution in [0.25, 0.3) is 0 Å². The lowest BCUT2D eigenvalue weighted by Crippen LogP contribution is -2.19. The molecule has 0 saturated carbocycles. The van der Waals surface area contributed by atoms with Crippen molar-refractivity contribution in [1.82, 2.24) is 0 Å². The van der Waals surface area contributed by atoms with Crippen molar-refractivity contribution in [3.8, 4) is 5.75 Å². The molecule has 0 aliphatic carbocycles. The zero-order chi connectivity index (χ0) is 18.5. The molecule has 0 spiro atoms. The summed E-state index contributed by atoms with van der Waals surface area (Å²) in [5.41, 5.74) is 1.74. The van der Waals surface area contributed by atoms with E-state index in [0.29, 0.717) is 18.0 Å². The summed E-state index contributed by atoms with van der Waals surface area (Å²) in [6.45, 7) is 3.14. The van der Waals surface area contributed by atoms with Crippen LogP contribution in [0.5, 0.6) is 5.75 Å². The lowest BCUT2D eigenvalue weighted by Gasteiger charge is -2.16. The van der Waals surface area contributed by atoms with Crippen LogP contribution >= 0.6 is 11.6 Å². The number of benzene rings is 2. The third-order valence-electron chi connectivity index (χ3n) is 4.26. The average molecular weight is 378 g/mol. The van der Waals surface area contributed by atoms with Gasteiger partial charge in [-0.1, -0.05) is 23.7 Å². The van der Waals surface area contributed by atoms with E-state index in [4.69, 9.17) is 21.1 Å². The van der Waals surface area contributed by atoms with Gasteiger partial charge in [0, 0.05) is 17.2 Å². The molecule has 26 heavy (non-hydrogen) atoms. The summed E-state index contributed by atoms with van der Waals surface area (Å²) < 4.78 is 25.3. The quantitative estimate of drug-likeness (QED) is 0.804. The minimum atomic E-state index is -0.494. The average Bonchev–Trinajstić information content (AvgIpc) is 3.12. The molecule has 1 N–H and O–H groups in total. The Kier molecular flexibility index (Phi) is 6.12. The van der Waals surface area contributed by atoms with Gasteiger partial charge in [0.05, 0.1) is 18.2 Å². The van der Waals surface area contributed by atoms with Crippen molar-refractivity contribution in [3.63, 3.8) is 0 Å². The number of rotatable bonds is 6. The van der Waals surface area contributed by atoms with Crippen molar-refractivity contribution in [2.75, 3.05) is 18.5 Å². The van der Waals surface area contributed by atoms with Crippen LogP contribution in [-0.2, 0) is 16.0 Å². The molecule has 2 aromatic rings. The van der Waals surface area contributed by atoms with E-state index in [0.717, 1.165) is 25.0 Å². The molecule has 1 amide bonds. The van der Waals surface area contributed by atoms with Crippen molar-refractivity contribution >= 4 is 23.2 Å². The summed E-state index contributed by atoms with van der Waals surface area (Å²) >= 11 is 5.99. The highest BCUT2D eigenvalue weighted by Gasteiger charge is 2.18. The van der Waals surface area contributed by atoms with Crippen LogP contribution in [0.15, 0.2) is 36.4 Å². The van der Waals surface area contributed by atoms with Crippen LogP contribution in [0, 0.1) is 12.7 Å².